The van der Waals surface area contributed by atoms with Crippen LogP contribution < -0.4 is 10.1 Å². The number of nitrogens with one attached hydrogen (secondary N) is 1. The third-order valence-electron chi connectivity index (χ3n) is 2.90. The van der Waals surface area contributed by atoms with Crippen LogP contribution in [0, 0.1) is 0 Å². The Morgan fingerprint density at radius 1 is 1.14 bits per heavy atom. The van der Waals surface area contributed by atoms with Crippen LogP contribution in [-0.4, -0.2) is 24.2 Å². The number of aliphatic hydroxyl groups excluding tert-OH is 1. The first-order chi connectivity index (χ1) is 10.2. The fraction of sp³-hybridized carbons (Fsp3) is 0.118. The van der Waals surface area contributed by atoms with Gasteiger partial charge in [0.2, 0.25) is 0 Å². The highest BCUT2D eigenvalue weighted by atomic mass is 16.5. The number of hydrogen-bond donors (Lipinski definition) is 2. The standard InChI is InChI=1S/C17H17NO3/c1-21-15-10-7-13(8-11-15)9-12-16(19)17(20)18-14-5-3-2-4-6-14/h2-12,16,19H,1H3,(H,18,20)/b12-9+/t16-/m1/s1. The molecule has 0 aliphatic carbocycles. The van der Waals surface area contributed by atoms with E-state index in [1.54, 1.807) is 25.3 Å². The van der Waals surface area contributed by atoms with Gasteiger partial charge in [-0.3, -0.25) is 4.79 Å². The van der Waals surface area contributed by atoms with Crippen LogP contribution in [0.4, 0.5) is 5.69 Å². The quantitative estimate of drug-likeness (QED) is 0.887. The molecule has 2 aromatic carbocycles. The smallest absolute Gasteiger partial charge is 0.257 e. The Bertz CT molecular complexity index is 606. The zero-order valence-electron chi connectivity index (χ0n) is 11.7. The number of rotatable bonds is 5. The van der Waals surface area contributed by atoms with Crippen LogP contribution in [0.5, 0.6) is 5.75 Å². The van der Waals surface area contributed by atoms with Gasteiger partial charge in [-0.15, -0.1) is 0 Å². The molecule has 108 valence electrons. The molecule has 0 heterocycles. The van der Waals surface area contributed by atoms with Crippen molar-refractivity contribution >= 4 is 17.7 Å². The fourth-order valence-electron chi connectivity index (χ4n) is 1.74. The number of aliphatic hydroxyl groups is 1. The van der Waals surface area contributed by atoms with Gasteiger partial charge >= 0.3 is 0 Å². The third-order valence-corrected chi connectivity index (χ3v) is 2.90. The Balaban J connectivity index is 1.94. The van der Waals surface area contributed by atoms with E-state index in [0.717, 1.165) is 11.3 Å². The van der Waals surface area contributed by atoms with Gasteiger partial charge in [-0.2, -0.15) is 0 Å². The third kappa shape index (κ3) is 4.47. The molecule has 0 fully saturated rings. The number of para-hydroxylation sites is 1. The van der Waals surface area contributed by atoms with Crippen LogP contribution in [0.1, 0.15) is 5.56 Å². The number of anilines is 1. The van der Waals surface area contributed by atoms with Gasteiger partial charge in [0, 0.05) is 5.69 Å². The Kier molecular flexibility index (Phi) is 5.12. The summed E-state index contributed by atoms with van der Waals surface area (Å²) in [6, 6.07) is 16.3. The van der Waals surface area contributed by atoms with E-state index in [9.17, 15) is 9.90 Å². The van der Waals surface area contributed by atoms with Crippen LogP contribution in [0.3, 0.4) is 0 Å². The van der Waals surface area contributed by atoms with E-state index in [4.69, 9.17) is 4.74 Å². The average Bonchev–Trinajstić information content (AvgIpc) is 2.54. The Hall–Kier alpha value is -2.59. The van der Waals surface area contributed by atoms with Gasteiger partial charge in [-0.05, 0) is 35.9 Å². The van der Waals surface area contributed by atoms with Gasteiger partial charge < -0.3 is 15.2 Å². The summed E-state index contributed by atoms with van der Waals surface area (Å²) in [4.78, 5) is 11.8. The van der Waals surface area contributed by atoms with Crippen molar-refractivity contribution in [1.29, 1.82) is 0 Å². The Labute approximate surface area is 123 Å². The molecule has 0 saturated heterocycles. The first-order valence-electron chi connectivity index (χ1n) is 6.55. The summed E-state index contributed by atoms with van der Waals surface area (Å²) >= 11 is 0. The summed E-state index contributed by atoms with van der Waals surface area (Å²) in [6.07, 6.45) is 1.93. The molecule has 0 aliphatic rings. The molecule has 4 heteroatoms. The highest BCUT2D eigenvalue weighted by molar-refractivity contribution is 5.95. The second-order valence-electron chi connectivity index (χ2n) is 4.43. The Morgan fingerprint density at radius 2 is 1.81 bits per heavy atom. The molecule has 1 amide bonds. The van der Waals surface area contributed by atoms with Crippen molar-refractivity contribution in [1.82, 2.24) is 0 Å². The number of ether oxygens (including phenoxy) is 1. The van der Waals surface area contributed by atoms with E-state index in [1.165, 1.54) is 6.08 Å². The van der Waals surface area contributed by atoms with Gasteiger partial charge in [0.25, 0.3) is 5.91 Å². The molecule has 4 nitrogen and oxygen atoms in total. The van der Waals surface area contributed by atoms with Gasteiger partial charge in [-0.25, -0.2) is 0 Å². The highest BCUT2D eigenvalue weighted by Crippen LogP contribution is 2.13. The van der Waals surface area contributed by atoms with E-state index in [2.05, 4.69) is 5.32 Å². The summed E-state index contributed by atoms with van der Waals surface area (Å²) in [7, 11) is 1.60. The summed E-state index contributed by atoms with van der Waals surface area (Å²) < 4.78 is 5.06. The molecule has 2 N–H and O–H groups in total. The van der Waals surface area contributed by atoms with Crippen LogP contribution in [-0.2, 0) is 4.79 Å². The average molecular weight is 283 g/mol. The van der Waals surface area contributed by atoms with Crippen molar-refractivity contribution < 1.29 is 14.6 Å². The maximum Gasteiger partial charge on any atom is 0.257 e. The van der Waals surface area contributed by atoms with Crippen molar-refractivity contribution in [3.8, 4) is 5.75 Å². The summed E-state index contributed by atoms with van der Waals surface area (Å²) in [5.41, 5.74) is 1.53. The van der Waals surface area contributed by atoms with Crippen molar-refractivity contribution in [3.05, 3.63) is 66.2 Å². The minimum Gasteiger partial charge on any atom is -0.497 e. The number of benzene rings is 2. The minimum atomic E-state index is -1.20. The molecule has 0 unspecified atom stereocenters. The molecule has 0 saturated carbocycles. The summed E-state index contributed by atoms with van der Waals surface area (Å²) in [5, 5.41) is 12.5. The van der Waals surface area contributed by atoms with E-state index in [1.807, 2.05) is 42.5 Å². The fourth-order valence-corrected chi connectivity index (χ4v) is 1.74. The van der Waals surface area contributed by atoms with E-state index in [0.29, 0.717) is 5.69 Å². The number of carbonyl (C=O) groups excluding carboxylic acids is 1. The van der Waals surface area contributed by atoms with Gasteiger partial charge in [0.05, 0.1) is 7.11 Å². The molecule has 2 rings (SSSR count). The molecule has 0 bridgehead atoms. The zero-order chi connectivity index (χ0) is 15.1. The van der Waals surface area contributed by atoms with Crippen molar-refractivity contribution in [2.75, 3.05) is 12.4 Å². The molecule has 0 spiro atoms. The lowest BCUT2D eigenvalue weighted by Crippen LogP contribution is -2.25. The first-order valence-corrected chi connectivity index (χ1v) is 6.55. The van der Waals surface area contributed by atoms with Gasteiger partial charge in [0.15, 0.2) is 6.10 Å². The van der Waals surface area contributed by atoms with Gasteiger partial charge in [-0.1, -0.05) is 36.4 Å². The van der Waals surface area contributed by atoms with E-state index in [-0.39, 0.29) is 0 Å². The Morgan fingerprint density at radius 3 is 2.43 bits per heavy atom. The zero-order valence-corrected chi connectivity index (χ0v) is 11.7. The molecule has 1 atom stereocenters. The maximum atomic E-state index is 11.8. The highest BCUT2D eigenvalue weighted by Gasteiger charge is 2.11. The van der Waals surface area contributed by atoms with Gasteiger partial charge in [0.1, 0.15) is 5.75 Å². The SMILES string of the molecule is COc1ccc(/C=C/[C@@H](O)C(=O)Nc2ccccc2)cc1. The lowest BCUT2D eigenvalue weighted by molar-refractivity contribution is -0.121. The van der Waals surface area contributed by atoms with Crippen molar-refractivity contribution in [3.63, 3.8) is 0 Å². The predicted molar refractivity (Wildman–Crippen MR) is 83.1 cm³/mol. The topological polar surface area (TPSA) is 58.6 Å². The van der Waals surface area contributed by atoms with Crippen molar-refractivity contribution in [2.45, 2.75) is 6.10 Å². The van der Waals surface area contributed by atoms with Crippen LogP contribution in [0.2, 0.25) is 0 Å². The second-order valence-corrected chi connectivity index (χ2v) is 4.43. The lowest BCUT2D eigenvalue weighted by Gasteiger charge is -2.07. The summed E-state index contributed by atoms with van der Waals surface area (Å²) in [6.45, 7) is 0. The number of methoxy groups -OCH3 is 1. The van der Waals surface area contributed by atoms with Crippen molar-refractivity contribution in [2.24, 2.45) is 0 Å². The largest absolute Gasteiger partial charge is 0.497 e. The van der Waals surface area contributed by atoms with E-state index >= 15 is 0 Å². The van der Waals surface area contributed by atoms with Crippen LogP contribution in [0.15, 0.2) is 60.7 Å². The molecular weight excluding hydrogens is 266 g/mol. The minimum absolute atomic E-state index is 0.467. The second kappa shape index (κ2) is 7.26. The molecule has 2 aromatic rings. The molecular formula is C17H17NO3. The van der Waals surface area contributed by atoms with Crippen LogP contribution in [0.25, 0.3) is 6.08 Å². The molecule has 21 heavy (non-hydrogen) atoms. The molecule has 0 radical (unpaired) electrons. The van der Waals surface area contributed by atoms with Crippen LogP contribution >= 0.6 is 0 Å². The number of hydrogen-bond acceptors (Lipinski definition) is 3. The van der Waals surface area contributed by atoms with E-state index < -0.39 is 12.0 Å². The first kappa shape index (κ1) is 14.8. The lowest BCUT2D eigenvalue weighted by atomic mass is 10.1. The number of carbonyl (C=O) groups is 1. The molecule has 0 aliphatic heterocycles. The normalized spacial score (nSPS) is 12.1. The maximum absolute atomic E-state index is 11.8. The number of amides is 1. The monoisotopic (exact) mass is 283 g/mol. The predicted octanol–water partition coefficient (Wildman–Crippen LogP) is 2.71. The molecule has 0 aromatic heterocycles. The summed E-state index contributed by atoms with van der Waals surface area (Å²) in [5.74, 6) is 0.292.